The molecule has 3 heterocycles. The highest BCUT2D eigenvalue weighted by Crippen LogP contribution is 2.38. The highest BCUT2D eigenvalue weighted by atomic mass is 16.3. The minimum Gasteiger partial charge on any atom is -0.503 e. The molecule has 0 unspecified atom stereocenters. The quantitative estimate of drug-likeness (QED) is 0.650. The molecule has 4 rings (SSSR count). The number of aliphatic hydroxyl groups excluding tert-OH is 1. The number of carbonyl (C=O) groups is 2. The van der Waals surface area contributed by atoms with Gasteiger partial charge in [0.25, 0.3) is 5.91 Å². The summed E-state index contributed by atoms with van der Waals surface area (Å²) in [4.78, 5) is 33.9. The first-order chi connectivity index (χ1) is 14.0. The third-order valence-corrected chi connectivity index (χ3v) is 4.95. The summed E-state index contributed by atoms with van der Waals surface area (Å²) in [5.74, 6) is -1.57. The van der Waals surface area contributed by atoms with Crippen LogP contribution in [0.25, 0.3) is 11.0 Å². The molecule has 0 aliphatic carbocycles. The second-order valence-corrected chi connectivity index (χ2v) is 7.20. The molecule has 0 saturated carbocycles. The van der Waals surface area contributed by atoms with Crippen molar-refractivity contribution in [3.05, 3.63) is 77.5 Å². The summed E-state index contributed by atoms with van der Waals surface area (Å²) in [5.41, 5.74) is 1.08. The minimum atomic E-state index is -0.774. The Labute approximate surface area is 167 Å². The topological polar surface area (TPSA) is 86.9 Å². The number of hydrogen-bond acceptors (Lipinski definition) is 6. The van der Waals surface area contributed by atoms with E-state index < -0.39 is 23.5 Å². The lowest BCUT2D eigenvalue weighted by Gasteiger charge is -2.27. The molecule has 148 valence electrons. The predicted molar refractivity (Wildman–Crippen MR) is 107 cm³/mol. The van der Waals surface area contributed by atoms with Crippen LogP contribution in [0.2, 0.25) is 0 Å². The number of ketones is 1. The number of pyridine rings is 1. The van der Waals surface area contributed by atoms with Gasteiger partial charge in [0.2, 0.25) is 5.78 Å². The van der Waals surface area contributed by atoms with Crippen molar-refractivity contribution >= 4 is 22.7 Å². The molecule has 1 aromatic carbocycles. The highest BCUT2D eigenvalue weighted by Gasteiger charge is 2.45. The lowest BCUT2D eigenvalue weighted by atomic mass is 9.98. The molecule has 3 aromatic rings. The van der Waals surface area contributed by atoms with E-state index >= 15 is 0 Å². The molecule has 1 N–H and O–H groups in total. The summed E-state index contributed by atoms with van der Waals surface area (Å²) in [6, 6.07) is 13.4. The van der Waals surface area contributed by atoms with E-state index in [4.69, 9.17) is 4.42 Å². The first kappa shape index (κ1) is 18.9. The number of fused-ring (bicyclic) bond motifs is 1. The van der Waals surface area contributed by atoms with Gasteiger partial charge in [0.1, 0.15) is 11.6 Å². The van der Waals surface area contributed by atoms with E-state index in [0.29, 0.717) is 24.4 Å². The van der Waals surface area contributed by atoms with Crippen molar-refractivity contribution in [1.82, 2.24) is 14.8 Å². The number of aliphatic hydroxyl groups is 1. The van der Waals surface area contributed by atoms with Crippen molar-refractivity contribution in [2.75, 3.05) is 27.2 Å². The molecule has 1 atom stereocenters. The molecule has 29 heavy (non-hydrogen) atoms. The standard InChI is InChI=1S/C22H21N3O4/c1-24(2)11-12-25-19(15-8-5-6-10-23-15)18(21(27)22(25)28)20(26)17-13-14-7-3-4-9-16(14)29-17/h3-10,13,19,27H,11-12H2,1-2H3/t19-/m1/s1. The molecule has 7 nitrogen and oxygen atoms in total. The second-order valence-electron chi connectivity index (χ2n) is 7.20. The van der Waals surface area contributed by atoms with Crippen LogP contribution in [0.3, 0.4) is 0 Å². The Balaban J connectivity index is 1.78. The number of Topliss-reactive ketones (excluding diaryl/α,β-unsaturated/α-hetero) is 1. The fraction of sp³-hybridized carbons (Fsp3) is 0.227. The number of carbonyl (C=O) groups excluding carboxylic acids is 2. The Kier molecular flexibility index (Phi) is 4.90. The number of likely N-dealkylation sites (N-methyl/N-ethyl adjacent to an activating group) is 1. The molecule has 0 saturated heterocycles. The minimum absolute atomic E-state index is 0.00786. The number of amides is 1. The molecular formula is C22H21N3O4. The first-order valence-electron chi connectivity index (χ1n) is 9.30. The van der Waals surface area contributed by atoms with Gasteiger partial charge in [0, 0.05) is 24.7 Å². The van der Waals surface area contributed by atoms with Gasteiger partial charge in [0.15, 0.2) is 11.5 Å². The molecule has 0 spiro atoms. The Morgan fingerprint density at radius 1 is 1.21 bits per heavy atom. The van der Waals surface area contributed by atoms with Gasteiger partial charge in [0.05, 0.1) is 11.3 Å². The highest BCUT2D eigenvalue weighted by molar-refractivity contribution is 6.15. The van der Waals surface area contributed by atoms with E-state index in [-0.39, 0.29) is 11.3 Å². The lowest BCUT2D eigenvalue weighted by Crippen LogP contribution is -2.36. The van der Waals surface area contributed by atoms with Crippen LogP contribution in [-0.2, 0) is 4.79 Å². The maximum absolute atomic E-state index is 13.3. The zero-order valence-electron chi connectivity index (χ0n) is 16.2. The van der Waals surface area contributed by atoms with Crippen molar-refractivity contribution in [2.24, 2.45) is 0 Å². The number of aromatic nitrogens is 1. The molecular weight excluding hydrogens is 370 g/mol. The molecule has 1 aliphatic rings. The van der Waals surface area contributed by atoms with E-state index in [1.54, 1.807) is 36.5 Å². The van der Waals surface area contributed by atoms with Gasteiger partial charge < -0.3 is 19.3 Å². The normalized spacial score (nSPS) is 17.0. The summed E-state index contributed by atoms with van der Waals surface area (Å²) in [6.07, 6.45) is 1.60. The third-order valence-electron chi connectivity index (χ3n) is 4.95. The van der Waals surface area contributed by atoms with Gasteiger partial charge >= 0.3 is 0 Å². The van der Waals surface area contributed by atoms with Gasteiger partial charge in [-0.05, 0) is 38.4 Å². The summed E-state index contributed by atoms with van der Waals surface area (Å²) in [5, 5.41) is 11.4. The van der Waals surface area contributed by atoms with E-state index in [0.717, 1.165) is 5.39 Å². The first-order valence-corrected chi connectivity index (χ1v) is 9.30. The molecule has 1 amide bonds. The van der Waals surface area contributed by atoms with Gasteiger partial charge in [-0.3, -0.25) is 14.6 Å². The number of benzene rings is 1. The van der Waals surface area contributed by atoms with Crippen LogP contribution in [0.5, 0.6) is 0 Å². The van der Waals surface area contributed by atoms with Crippen LogP contribution in [0.4, 0.5) is 0 Å². The average Bonchev–Trinajstić information content (AvgIpc) is 3.26. The second kappa shape index (κ2) is 7.52. The SMILES string of the molecule is CN(C)CCN1C(=O)C(O)=C(C(=O)c2cc3ccccc3o2)[C@H]1c1ccccn1. The van der Waals surface area contributed by atoms with Crippen LogP contribution in [0.15, 0.2) is 70.5 Å². The van der Waals surface area contributed by atoms with Gasteiger partial charge in [-0.25, -0.2) is 0 Å². The Morgan fingerprint density at radius 2 is 1.97 bits per heavy atom. The molecule has 0 fully saturated rings. The van der Waals surface area contributed by atoms with E-state index in [2.05, 4.69) is 4.98 Å². The maximum Gasteiger partial charge on any atom is 0.290 e. The number of para-hydroxylation sites is 1. The Morgan fingerprint density at radius 3 is 2.66 bits per heavy atom. The van der Waals surface area contributed by atoms with Crippen molar-refractivity contribution in [3.8, 4) is 0 Å². The van der Waals surface area contributed by atoms with Crippen molar-refractivity contribution < 1.29 is 19.1 Å². The molecule has 2 aromatic heterocycles. The lowest BCUT2D eigenvalue weighted by molar-refractivity contribution is -0.129. The Bertz CT molecular complexity index is 1070. The molecule has 7 heteroatoms. The zero-order valence-corrected chi connectivity index (χ0v) is 16.2. The summed E-state index contributed by atoms with van der Waals surface area (Å²) in [7, 11) is 3.79. The summed E-state index contributed by atoms with van der Waals surface area (Å²) in [6.45, 7) is 0.919. The van der Waals surface area contributed by atoms with E-state index in [1.165, 1.54) is 4.90 Å². The fourth-order valence-electron chi connectivity index (χ4n) is 3.50. The monoisotopic (exact) mass is 391 g/mol. The zero-order chi connectivity index (χ0) is 20.5. The van der Waals surface area contributed by atoms with Gasteiger partial charge in [-0.1, -0.05) is 24.3 Å². The fourth-order valence-corrected chi connectivity index (χ4v) is 3.50. The van der Waals surface area contributed by atoms with Gasteiger partial charge in [-0.15, -0.1) is 0 Å². The van der Waals surface area contributed by atoms with Crippen LogP contribution >= 0.6 is 0 Å². The van der Waals surface area contributed by atoms with E-state index in [9.17, 15) is 14.7 Å². The van der Waals surface area contributed by atoms with Crippen LogP contribution < -0.4 is 0 Å². The van der Waals surface area contributed by atoms with Crippen molar-refractivity contribution in [1.29, 1.82) is 0 Å². The van der Waals surface area contributed by atoms with E-state index in [1.807, 2.05) is 37.2 Å². The molecule has 1 aliphatic heterocycles. The summed E-state index contributed by atoms with van der Waals surface area (Å²) < 4.78 is 5.69. The smallest absolute Gasteiger partial charge is 0.290 e. The van der Waals surface area contributed by atoms with Crippen molar-refractivity contribution in [2.45, 2.75) is 6.04 Å². The molecule has 0 radical (unpaired) electrons. The largest absolute Gasteiger partial charge is 0.503 e. The number of rotatable bonds is 6. The van der Waals surface area contributed by atoms with Crippen LogP contribution in [-0.4, -0.2) is 58.8 Å². The number of hydrogen-bond donors (Lipinski definition) is 1. The number of furan rings is 1. The third kappa shape index (κ3) is 3.40. The van der Waals surface area contributed by atoms with Crippen molar-refractivity contribution in [3.63, 3.8) is 0 Å². The number of nitrogens with zero attached hydrogens (tertiary/aromatic N) is 3. The van der Waals surface area contributed by atoms with Gasteiger partial charge in [-0.2, -0.15) is 0 Å². The predicted octanol–water partition coefficient (Wildman–Crippen LogP) is 2.97. The summed E-state index contributed by atoms with van der Waals surface area (Å²) >= 11 is 0. The average molecular weight is 391 g/mol. The van der Waals surface area contributed by atoms with Crippen LogP contribution in [0, 0.1) is 0 Å². The molecule has 0 bridgehead atoms. The maximum atomic E-state index is 13.3. The Hall–Kier alpha value is -3.45. The van der Waals surface area contributed by atoms with Crippen LogP contribution in [0.1, 0.15) is 22.3 Å².